The third-order valence-corrected chi connectivity index (χ3v) is 7.48. The van der Waals surface area contributed by atoms with Crippen LogP contribution in [0.1, 0.15) is 36.3 Å². The number of carbonyl (C=O) groups excluding carboxylic acids is 1. The molecule has 5 rings (SSSR count). The molecular formula is C23H28N6O3S. The number of likely N-dealkylation sites (tertiary alicyclic amines) is 1. The highest BCUT2D eigenvalue weighted by Crippen LogP contribution is 2.43. The lowest BCUT2D eigenvalue weighted by molar-refractivity contribution is -0.138. The Hall–Kier alpha value is -3.27. The van der Waals surface area contributed by atoms with Gasteiger partial charge in [0, 0.05) is 37.4 Å². The van der Waals surface area contributed by atoms with Crippen molar-refractivity contribution in [2.45, 2.75) is 37.6 Å². The van der Waals surface area contributed by atoms with Crippen molar-refractivity contribution < 1.29 is 14.7 Å². The topological polar surface area (TPSA) is 113 Å². The minimum absolute atomic E-state index is 0.00130. The van der Waals surface area contributed by atoms with E-state index in [1.165, 1.54) is 5.56 Å². The molecule has 0 bridgehead atoms. The fraction of sp³-hybridized carbons (Fsp3) is 0.435. The number of aryl methyl sites for hydroxylation is 1. The van der Waals surface area contributed by atoms with E-state index in [0.29, 0.717) is 6.54 Å². The molecule has 4 heterocycles. The second kappa shape index (κ2) is 10.1. The van der Waals surface area contributed by atoms with Gasteiger partial charge >= 0.3 is 0 Å². The zero-order valence-corrected chi connectivity index (χ0v) is 19.4. The number of anilines is 1. The lowest BCUT2D eigenvalue weighted by atomic mass is 9.70. The summed E-state index contributed by atoms with van der Waals surface area (Å²) in [6, 6.07) is 10.6. The quantitative estimate of drug-likeness (QED) is 0.566. The normalized spacial score (nSPS) is 19.1. The van der Waals surface area contributed by atoms with Gasteiger partial charge in [-0.25, -0.2) is 14.6 Å². The highest BCUT2D eigenvalue weighted by molar-refractivity contribution is 7.13. The third-order valence-electron chi connectivity index (χ3n) is 6.62. The van der Waals surface area contributed by atoms with Crippen molar-refractivity contribution in [2.24, 2.45) is 5.92 Å². The molecule has 2 aliphatic heterocycles. The molecule has 10 heteroatoms. The molecule has 1 unspecified atom stereocenters. The average Bonchev–Trinajstić information content (AvgIpc) is 3.54. The largest absolute Gasteiger partial charge is 0.483 e. The van der Waals surface area contributed by atoms with E-state index in [1.807, 2.05) is 11.7 Å². The molecule has 2 N–H and O–H groups in total. The van der Waals surface area contributed by atoms with Crippen LogP contribution in [-0.4, -0.2) is 62.3 Å². The summed E-state index contributed by atoms with van der Waals surface area (Å²) in [6.45, 7) is 1.90. The van der Waals surface area contributed by atoms with Gasteiger partial charge in [0.05, 0.1) is 18.2 Å². The summed E-state index contributed by atoms with van der Waals surface area (Å²) in [5.41, 5.74) is 2.25. The standard InChI is InChI=1S/C22H26N6OS.CH2O2/c1-23-21-26-18(14-30-21)22(17-5-3-2-4-6-17)9-11-27(12-10-22)20(29)16-7-8-19-24-15-25-28(19)13-16;2-1-3/h2-6,14-16H,7-13H2,1H3,(H,23,26);1H,(H,2,3). The summed E-state index contributed by atoms with van der Waals surface area (Å²) in [5.74, 6) is 1.25. The summed E-state index contributed by atoms with van der Waals surface area (Å²) in [7, 11) is 1.91. The van der Waals surface area contributed by atoms with Crippen molar-refractivity contribution in [1.29, 1.82) is 0 Å². The molecule has 174 valence electrons. The molecule has 0 aliphatic carbocycles. The molecule has 2 aromatic heterocycles. The van der Waals surface area contributed by atoms with Crippen LogP contribution in [0.3, 0.4) is 0 Å². The molecule has 1 atom stereocenters. The number of hydrogen-bond donors (Lipinski definition) is 2. The average molecular weight is 469 g/mol. The highest BCUT2D eigenvalue weighted by atomic mass is 32.1. The monoisotopic (exact) mass is 468 g/mol. The third kappa shape index (κ3) is 4.61. The summed E-state index contributed by atoms with van der Waals surface area (Å²) < 4.78 is 1.89. The van der Waals surface area contributed by atoms with Crippen LogP contribution in [0, 0.1) is 5.92 Å². The van der Waals surface area contributed by atoms with E-state index >= 15 is 0 Å². The lowest BCUT2D eigenvalue weighted by Crippen LogP contribution is -2.48. The van der Waals surface area contributed by atoms with Gasteiger partial charge in [0.25, 0.3) is 6.47 Å². The van der Waals surface area contributed by atoms with Crippen LogP contribution in [0.5, 0.6) is 0 Å². The first-order valence-electron chi connectivity index (χ1n) is 11.0. The number of thiazole rings is 1. The minimum Gasteiger partial charge on any atom is -0.483 e. The second-order valence-corrected chi connectivity index (χ2v) is 9.12. The zero-order valence-electron chi connectivity index (χ0n) is 18.6. The zero-order chi connectivity index (χ0) is 23.3. The Labute approximate surface area is 196 Å². The first kappa shape index (κ1) is 22.9. The molecule has 1 fully saturated rings. The Morgan fingerprint density at radius 1 is 1.27 bits per heavy atom. The Morgan fingerprint density at radius 2 is 2.00 bits per heavy atom. The molecule has 1 aromatic carbocycles. The number of piperidine rings is 1. The van der Waals surface area contributed by atoms with Crippen LogP contribution in [0.25, 0.3) is 0 Å². The van der Waals surface area contributed by atoms with Crippen LogP contribution in [-0.2, 0) is 28.0 Å². The number of nitrogens with zero attached hydrogens (tertiary/aromatic N) is 5. The number of benzene rings is 1. The molecule has 33 heavy (non-hydrogen) atoms. The van der Waals surface area contributed by atoms with Gasteiger partial charge in [-0.1, -0.05) is 30.3 Å². The lowest BCUT2D eigenvalue weighted by Gasteiger charge is -2.42. The van der Waals surface area contributed by atoms with Crippen molar-refractivity contribution in [3.8, 4) is 0 Å². The van der Waals surface area contributed by atoms with E-state index in [4.69, 9.17) is 14.9 Å². The van der Waals surface area contributed by atoms with Gasteiger partial charge in [0.1, 0.15) is 12.2 Å². The molecule has 1 amide bonds. The van der Waals surface area contributed by atoms with Gasteiger partial charge < -0.3 is 15.3 Å². The van der Waals surface area contributed by atoms with E-state index in [1.54, 1.807) is 17.7 Å². The van der Waals surface area contributed by atoms with E-state index in [9.17, 15) is 4.79 Å². The number of carboxylic acid groups (broad SMARTS) is 1. The van der Waals surface area contributed by atoms with E-state index in [0.717, 1.165) is 55.4 Å². The van der Waals surface area contributed by atoms with Gasteiger partial charge in [-0.15, -0.1) is 11.3 Å². The minimum atomic E-state index is -0.250. The Bertz CT molecular complexity index is 1070. The Kier molecular flexibility index (Phi) is 7.02. The van der Waals surface area contributed by atoms with E-state index in [-0.39, 0.29) is 23.7 Å². The van der Waals surface area contributed by atoms with Crippen LogP contribution in [0.4, 0.5) is 5.13 Å². The van der Waals surface area contributed by atoms with Crippen molar-refractivity contribution >= 4 is 28.8 Å². The number of rotatable bonds is 4. The number of fused-ring (bicyclic) bond motifs is 1. The Morgan fingerprint density at radius 3 is 2.67 bits per heavy atom. The van der Waals surface area contributed by atoms with Crippen LogP contribution in [0.2, 0.25) is 0 Å². The molecule has 2 aliphatic rings. The SMILES string of the molecule is CNc1nc(C2(c3ccccc3)CCN(C(=O)C3CCc4ncnn4C3)CC2)cs1.O=CO. The van der Waals surface area contributed by atoms with E-state index < -0.39 is 0 Å². The first-order chi connectivity index (χ1) is 16.1. The summed E-state index contributed by atoms with van der Waals surface area (Å²) >= 11 is 1.64. The number of carbonyl (C=O) groups is 2. The fourth-order valence-electron chi connectivity index (χ4n) is 4.86. The van der Waals surface area contributed by atoms with Crippen LogP contribution in [0.15, 0.2) is 42.0 Å². The van der Waals surface area contributed by atoms with Crippen molar-refractivity contribution in [1.82, 2.24) is 24.6 Å². The van der Waals surface area contributed by atoms with Crippen molar-refractivity contribution in [3.63, 3.8) is 0 Å². The molecule has 0 radical (unpaired) electrons. The van der Waals surface area contributed by atoms with E-state index in [2.05, 4.69) is 56.0 Å². The Balaban J connectivity index is 0.000000821. The van der Waals surface area contributed by atoms with Gasteiger partial charge in [0.2, 0.25) is 5.91 Å². The van der Waals surface area contributed by atoms with Crippen LogP contribution < -0.4 is 5.32 Å². The van der Waals surface area contributed by atoms with Gasteiger partial charge in [-0.3, -0.25) is 9.59 Å². The summed E-state index contributed by atoms with van der Waals surface area (Å²) in [5, 5.41) is 17.4. The molecule has 3 aromatic rings. The predicted octanol–water partition coefficient (Wildman–Crippen LogP) is 2.65. The number of amides is 1. The first-order valence-corrected chi connectivity index (χ1v) is 11.9. The van der Waals surface area contributed by atoms with Crippen LogP contribution >= 0.6 is 11.3 Å². The fourth-order valence-corrected chi connectivity index (χ4v) is 5.63. The maximum Gasteiger partial charge on any atom is 0.290 e. The molecule has 0 saturated carbocycles. The summed E-state index contributed by atoms with van der Waals surface area (Å²) in [4.78, 5) is 32.8. The molecule has 0 spiro atoms. The molecule has 1 saturated heterocycles. The predicted molar refractivity (Wildman–Crippen MR) is 125 cm³/mol. The maximum atomic E-state index is 13.3. The maximum absolute atomic E-state index is 13.3. The number of nitrogens with one attached hydrogen (secondary N) is 1. The number of aromatic nitrogens is 4. The molecular weight excluding hydrogens is 440 g/mol. The smallest absolute Gasteiger partial charge is 0.290 e. The van der Waals surface area contributed by atoms with Gasteiger partial charge in [-0.2, -0.15) is 5.10 Å². The van der Waals surface area contributed by atoms with Gasteiger partial charge in [0.15, 0.2) is 5.13 Å². The summed E-state index contributed by atoms with van der Waals surface area (Å²) in [6.07, 6.45) is 5.04. The number of hydrogen-bond acceptors (Lipinski definition) is 7. The van der Waals surface area contributed by atoms with Gasteiger partial charge in [-0.05, 0) is 24.8 Å². The van der Waals surface area contributed by atoms with Crippen molar-refractivity contribution in [2.75, 3.05) is 25.5 Å². The highest BCUT2D eigenvalue weighted by Gasteiger charge is 2.42. The van der Waals surface area contributed by atoms with Crippen molar-refractivity contribution in [3.05, 3.63) is 59.1 Å². The second-order valence-electron chi connectivity index (χ2n) is 8.26. The molecule has 9 nitrogen and oxygen atoms in total.